The highest BCUT2D eigenvalue weighted by molar-refractivity contribution is 5.90. The van der Waals surface area contributed by atoms with Crippen molar-refractivity contribution in [2.24, 2.45) is 0 Å². The zero-order valence-corrected chi connectivity index (χ0v) is 12.7. The average molecular weight is 302 g/mol. The lowest BCUT2D eigenvalue weighted by atomic mass is 9.92. The lowest BCUT2D eigenvalue weighted by molar-refractivity contribution is 0.628. The maximum Gasteiger partial charge on any atom is 0.123 e. The van der Waals surface area contributed by atoms with Crippen LogP contribution in [-0.4, -0.2) is 0 Å². The fraction of sp³-hybridized carbons (Fsp3) is 0.0500. The van der Waals surface area contributed by atoms with Crippen LogP contribution in [0.5, 0.6) is 0 Å². The largest absolute Gasteiger partial charge is 0.398 e. The van der Waals surface area contributed by atoms with Crippen molar-refractivity contribution in [3.8, 4) is 28.3 Å². The third-order valence-electron chi connectivity index (χ3n) is 3.89. The summed E-state index contributed by atoms with van der Waals surface area (Å²) in [6.07, 6.45) is 0. The number of hydrogen-bond acceptors (Lipinski definition) is 2. The van der Waals surface area contributed by atoms with Crippen molar-refractivity contribution in [1.29, 1.82) is 5.26 Å². The minimum absolute atomic E-state index is 0.277. The van der Waals surface area contributed by atoms with Gasteiger partial charge in [-0.3, -0.25) is 0 Å². The zero-order chi connectivity index (χ0) is 16.4. The molecule has 3 rings (SSSR count). The van der Waals surface area contributed by atoms with Gasteiger partial charge in [-0.15, -0.1) is 0 Å². The normalized spacial score (nSPS) is 10.3. The summed E-state index contributed by atoms with van der Waals surface area (Å²) in [5.74, 6) is -0.277. The van der Waals surface area contributed by atoms with Gasteiger partial charge in [-0.2, -0.15) is 5.26 Å². The van der Waals surface area contributed by atoms with E-state index in [1.54, 1.807) is 18.2 Å². The van der Waals surface area contributed by atoms with Crippen molar-refractivity contribution in [3.05, 3.63) is 77.6 Å². The van der Waals surface area contributed by atoms with E-state index >= 15 is 0 Å². The molecular weight excluding hydrogens is 287 g/mol. The lowest BCUT2D eigenvalue weighted by Crippen LogP contribution is -1.97. The van der Waals surface area contributed by atoms with Gasteiger partial charge in [0, 0.05) is 16.8 Å². The molecule has 0 aliphatic rings. The number of halogens is 1. The molecule has 23 heavy (non-hydrogen) atoms. The van der Waals surface area contributed by atoms with Crippen molar-refractivity contribution in [1.82, 2.24) is 0 Å². The van der Waals surface area contributed by atoms with Crippen LogP contribution in [0.15, 0.2) is 60.7 Å². The Labute approximate surface area is 134 Å². The summed E-state index contributed by atoms with van der Waals surface area (Å²) in [5.41, 5.74) is 12.2. The molecule has 112 valence electrons. The van der Waals surface area contributed by atoms with E-state index in [-0.39, 0.29) is 5.82 Å². The van der Waals surface area contributed by atoms with Crippen molar-refractivity contribution in [2.45, 2.75) is 6.92 Å². The van der Waals surface area contributed by atoms with E-state index in [0.29, 0.717) is 11.3 Å². The predicted molar refractivity (Wildman–Crippen MR) is 91.1 cm³/mol. The summed E-state index contributed by atoms with van der Waals surface area (Å²) < 4.78 is 13.1. The van der Waals surface area contributed by atoms with Gasteiger partial charge >= 0.3 is 0 Å². The highest BCUT2D eigenvalue weighted by Crippen LogP contribution is 2.37. The summed E-state index contributed by atoms with van der Waals surface area (Å²) in [4.78, 5) is 0. The Morgan fingerprint density at radius 3 is 2.39 bits per heavy atom. The maximum absolute atomic E-state index is 13.1. The van der Waals surface area contributed by atoms with Crippen LogP contribution in [0.25, 0.3) is 22.3 Å². The number of anilines is 1. The number of hydrogen-bond donors (Lipinski definition) is 1. The number of aryl methyl sites for hydroxylation is 1. The summed E-state index contributed by atoms with van der Waals surface area (Å²) in [5, 5.41) is 9.09. The SMILES string of the molecule is Cc1ccc(-c2ccc(F)cc2)c(N)c1-c1cccc(C#N)c1. The molecule has 0 aliphatic heterocycles. The first-order valence-electron chi connectivity index (χ1n) is 7.25. The summed E-state index contributed by atoms with van der Waals surface area (Å²) >= 11 is 0. The molecule has 0 spiro atoms. The van der Waals surface area contributed by atoms with Gasteiger partial charge in [0.05, 0.1) is 11.6 Å². The average Bonchev–Trinajstić information content (AvgIpc) is 2.56. The number of rotatable bonds is 2. The molecule has 3 aromatic carbocycles. The van der Waals surface area contributed by atoms with Crippen molar-refractivity contribution in [2.75, 3.05) is 5.73 Å². The van der Waals surface area contributed by atoms with E-state index in [2.05, 4.69) is 6.07 Å². The summed E-state index contributed by atoms with van der Waals surface area (Å²) in [6.45, 7) is 1.99. The lowest BCUT2D eigenvalue weighted by Gasteiger charge is -2.15. The molecule has 0 fully saturated rings. The molecule has 0 saturated carbocycles. The second-order valence-electron chi connectivity index (χ2n) is 5.42. The van der Waals surface area contributed by atoms with Crippen molar-refractivity contribution < 1.29 is 4.39 Å². The first kappa shape index (κ1) is 14.8. The van der Waals surface area contributed by atoms with Gasteiger partial charge in [-0.25, -0.2) is 4.39 Å². The first-order chi connectivity index (χ1) is 11.1. The molecule has 0 heterocycles. The van der Waals surface area contributed by atoms with E-state index in [4.69, 9.17) is 11.0 Å². The van der Waals surface area contributed by atoms with Crippen molar-refractivity contribution >= 4 is 5.69 Å². The minimum Gasteiger partial charge on any atom is -0.398 e. The second-order valence-corrected chi connectivity index (χ2v) is 5.42. The molecule has 0 radical (unpaired) electrons. The molecule has 0 bridgehead atoms. The standard InChI is InChI=1S/C20H15FN2/c1-13-5-10-18(15-6-8-17(21)9-7-15)20(23)19(13)16-4-2-3-14(11-16)12-22/h2-11H,23H2,1H3. The van der Waals surface area contributed by atoms with Gasteiger partial charge in [0.15, 0.2) is 0 Å². The van der Waals surface area contributed by atoms with Gasteiger partial charge in [0.25, 0.3) is 0 Å². The van der Waals surface area contributed by atoms with Crippen LogP contribution in [0.4, 0.5) is 10.1 Å². The predicted octanol–water partition coefficient (Wildman–Crippen LogP) is 4.92. The van der Waals surface area contributed by atoms with Crippen LogP contribution >= 0.6 is 0 Å². The molecule has 0 aromatic heterocycles. The molecule has 2 nitrogen and oxygen atoms in total. The number of nitrogen functional groups attached to an aromatic ring is 1. The van der Waals surface area contributed by atoms with Gasteiger partial charge in [-0.05, 0) is 47.9 Å². The van der Waals surface area contributed by atoms with E-state index in [1.165, 1.54) is 12.1 Å². The molecule has 3 aromatic rings. The van der Waals surface area contributed by atoms with Crippen LogP contribution < -0.4 is 5.73 Å². The number of benzene rings is 3. The smallest absolute Gasteiger partial charge is 0.123 e. The first-order valence-corrected chi connectivity index (χ1v) is 7.25. The summed E-state index contributed by atoms with van der Waals surface area (Å²) in [7, 11) is 0. The van der Waals surface area contributed by atoms with Gasteiger partial charge in [0.2, 0.25) is 0 Å². The van der Waals surface area contributed by atoms with Gasteiger partial charge in [0.1, 0.15) is 5.82 Å². The topological polar surface area (TPSA) is 49.8 Å². The summed E-state index contributed by atoms with van der Waals surface area (Å²) in [6, 6.07) is 19.7. The number of nitrogens with two attached hydrogens (primary N) is 1. The highest BCUT2D eigenvalue weighted by atomic mass is 19.1. The van der Waals surface area contributed by atoms with Crippen LogP contribution in [0.3, 0.4) is 0 Å². The quantitative estimate of drug-likeness (QED) is 0.683. The van der Waals surface area contributed by atoms with E-state index in [0.717, 1.165) is 27.8 Å². The molecule has 3 heteroatoms. The second kappa shape index (κ2) is 5.94. The van der Waals surface area contributed by atoms with Crippen LogP contribution in [0.1, 0.15) is 11.1 Å². The third kappa shape index (κ3) is 2.79. The van der Waals surface area contributed by atoms with E-state index < -0.39 is 0 Å². The Kier molecular flexibility index (Phi) is 3.82. The molecular formula is C20H15FN2. The monoisotopic (exact) mass is 302 g/mol. The fourth-order valence-electron chi connectivity index (χ4n) is 2.74. The molecule has 0 unspecified atom stereocenters. The van der Waals surface area contributed by atoms with Gasteiger partial charge < -0.3 is 5.73 Å². The number of nitrogens with zero attached hydrogens (tertiary/aromatic N) is 1. The van der Waals surface area contributed by atoms with Crippen LogP contribution in [0, 0.1) is 24.1 Å². The van der Waals surface area contributed by atoms with E-state index in [1.807, 2.05) is 37.3 Å². The zero-order valence-electron chi connectivity index (χ0n) is 12.7. The maximum atomic E-state index is 13.1. The van der Waals surface area contributed by atoms with Crippen molar-refractivity contribution in [3.63, 3.8) is 0 Å². The highest BCUT2D eigenvalue weighted by Gasteiger charge is 2.12. The van der Waals surface area contributed by atoms with Crippen LogP contribution in [-0.2, 0) is 0 Å². The molecule has 0 atom stereocenters. The van der Waals surface area contributed by atoms with Gasteiger partial charge in [-0.1, -0.05) is 36.4 Å². The molecule has 0 saturated heterocycles. The Hall–Kier alpha value is -3.12. The van der Waals surface area contributed by atoms with E-state index in [9.17, 15) is 4.39 Å². The Morgan fingerprint density at radius 2 is 1.70 bits per heavy atom. The third-order valence-corrected chi connectivity index (χ3v) is 3.89. The Balaban J connectivity index is 2.20. The molecule has 0 amide bonds. The molecule has 2 N–H and O–H groups in total. The molecule has 0 aliphatic carbocycles. The number of nitriles is 1. The Morgan fingerprint density at radius 1 is 0.957 bits per heavy atom. The minimum atomic E-state index is -0.277. The fourth-order valence-corrected chi connectivity index (χ4v) is 2.74. The Bertz CT molecular complexity index is 906. The van der Waals surface area contributed by atoms with Crippen LogP contribution in [0.2, 0.25) is 0 Å².